The number of amides is 1. The number of hydrogen-bond donors (Lipinski definition) is 2. The normalized spacial score (nSPS) is 10.7. The van der Waals surface area contributed by atoms with Crippen molar-refractivity contribution in [3.63, 3.8) is 0 Å². The number of H-pyrrole nitrogens is 1. The summed E-state index contributed by atoms with van der Waals surface area (Å²) < 4.78 is 14.7. The Balaban J connectivity index is 1.82. The molecular weight excluding hydrogens is 285 g/mol. The van der Waals surface area contributed by atoms with E-state index in [-0.39, 0.29) is 17.4 Å². The number of aryl methyl sites for hydroxylation is 2. The highest BCUT2D eigenvalue weighted by atomic mass is 19.1. The van der Waals surface area contributed by atoms with Crippen LogP contribution in [-0.2, 0) is 0 Å². The van der Waals surface area contributed by atoms with Crippen LogP contribution in [0.1, 0.15) is 21.7 Å². The van der Waals surface area contributed by atoms with Crippen LogP contribution < -0.4 is 5.32 Å². The van der Waals surface area contributed by atoms with E-state index in [0.717, 1.165) is 11.3 Å². The molecule has 2 aromatic heterocycles. The SMILES string of the molecule is Cc1cnc(NC(=O)c2ccn(-c3ccc(F)cc3C)n2)[nH]1. The Bertz CT molecular complexity index is 836. The van der Waals surface area contributed by atoms with E-state index in [1.807, 2.05) is 6.92 Å². The first-order valence-corrected chi connectivity index (χ1v) is 6.68. The van der Waals surface area contributed by atoms with Gasteiger partial charge < -0.3 is 4.98 Å². The number of anilines is 1. The lowest BCUT2D eigenvalue weighted by molar-refractivity contribution is 0.102. The van der Waals surface area contributed by atoms with E-state index < -0.39 is 0 Å². The number of aromatic nitrogens is 4. The van der Waals surface area contributed by atoms with E-state index in [2.05, 4.69) is 20.4 Å². The third-order valence-corrected chi connectivity index (χ3v) is 3.16. The summed E-state index contributed by atoms with van der Waals surface area (Å²) in [5.74, 6) is -0.303. The smallest absolute Gasteiger partial charge is 0.278 e. The lowest BCUT2D eigenvalue weighted by atomic mass is 10.2. The van der Waals surface area contributed by atoms with Crippen LogP contribution in [0.5, 0.6) is 0 Å². The number of imidazole rings is 1. The molecule has 22 heavy (non-hydrogen) atoms. The summed E-state index contributed by atoms with van der Waals surface area (Å²) in [6.45, 7) is 3.63. The second kappa shape index (κ2) is 5.44. The van der Waals surface area contributed by atoms with E-state index in [9.17, 15) is 9.18 Å². The average Bonchev–Trinajstić information content (AvgIpc) is 3.08. The number of halogens is 1. The van der Waals surface area contributed by atoms with E-state index >= 15 is 0 Å². The molecule has 1 amide bonds. The molecule has 6 nitrogen and oxygen atoms in total. The van der Waals surface area contributed by atoms with Gasteiger partial charge in [-0.3, -0.25) is 10.1 Å². The zero-order chi connectivity index (χ0) is 15.7. The molecule has 2 heterocycles. The minimum atomic E-state index is -0.368. The Morgan fingerprint density at radius 2 is 2.14 bits per heavy atom. The first kappa shape index (κ1) is 14.0. The van der Waals surface area contributed by atoms with Crippen molar-refractivity contribution < 1.29 is 9.18 Å². The summed E-state index contributed by atoms with van der Waals surface area (Å²) in [5.41, 5.74) is 2.55. The van der Waals surface area contributed by atoms with Gasteiger partial charge in [0.2, 0.25) is 5.95 Å². The molecule has 0 unspecified atom stereocenters. The van der Waals surface area contributed by atoms with Gasteiger partial charge in [0.05, 0.1) is 5.69 Å². The molecular formula is C15H14FN5O. The van der Waals surface area contributed by atoms with Gasteiger partial charge in [0, 0.05) is 18.1 Å². The molecule has 0 fully saturated rings. The second-order valence-corrected chi connectivity index (χ2v) is 4.95. The topological polar surface area (TPSA) is 75.6 Å². The highest BCUT2D eigenvalue weighted by Gasteiger charge is 2.12. The monoisotopic (exact) mass is 299 g/mol. The Hall–Kier alpha value is -2.96. The predicted octanol–water partition coefficient (Wildman–Crippen LogP) is 2.60. The van der Waals surface area contributed by atoms with E-state index in [1.54, 1.807) is 31.5 Å². The third kappa shape index (κ3) is 2.73. The Morgan fingerprint density at radius 3 is 2.82 bits per heavy atom. The zero-order valence-corrected chi connectivity index (χ0v) is 12.1. The number of nitrogens with one attached hydrogen (secondary N) is 2. The number of aromatic amines is 1. The number of nitrogens with zero attached hydrogens (tertiary/aromatic N) is 3. The molecule has 112 valence electrons. The van der Waals surface area contributed by atoms with Gasteiger partial charge in [-0.1, -0.05) is 0 Å². The molecule has 3 aromatic rings. The summed E-state index contributed by atoms with van der Waals surface area (Å²) in [7, 11) is 0. The van der Waals surface area contributed by atoms with Crippen LogP contribution in [0.2, 0.25) is 0 Å². The van der Waals surface area contributed by atoms with Crippen LogP contribution in [0.15, 0.2) is 36.7 Å². The highest BCUT2D eigenvalue weighted by molar-refractivity contribution is 6.01. The summed E-state index contributed by atoms with van der Waals surface area (Å²) in [6, 6.07) is 5.99. The predicted molar refractivity (Wildman–Crippen MR) is 79.5 cm³/mol. The molecule has 0 saturated carbocycles. The van der Waals surface area contributed by atoms with E-state index in [1.165, 1.54) is 16.8 Å². The molecule has 0 spiro atoms. The lowest BCUT2D eigenvalue weighted by Crippen LogP contribution is -2.14. The Morgan fingerprint density at radius 1 is 1.32 bits per heavy atom. The van der Waals surface area contributed by atoms with Gasteiger partial charge in [0.25, 0.3) is 5.91 Å². The summed E-state index contributed by atoms with van der Waals surface area (Å²) in [6.07, 6.45) is 3.28. The molecule has 7 heteroatoms. The fourth-order valence-electron chi connectivity index (χ4n) is 2.10. The van der Waals surface area contributed by atoms with Gasteiger partial charge in [-0.2, -0.15) is 5.10 Å². The minimum absolute atomic E-state index is 0.248. The number of carbonyl (C=O) groups excluding carboxylic acids is 1. The molecule has 0 atom stereocenters. The summed E-state index contributed by atoms with van der Waals surface area (Å²) in [5, 5.41) is 6.84. The van der Waals surface area contributed by atoms with Gasteiger partial charge >= 0.3 is 0 Å². The molecule has 1 aromatic carbocycles. The average molecular weight is 299 g/mol. The first-order chi connectivity index (χ1) is 10.5. The van der Waals surface area contributed by atoms with Crippen LogP contribution in [-0.4, -0.2) is 25.7 Å². The van der Waals surface area contributed by atoms with Gasteiger partial charge in [-0.25, -0.2) is 14.1 Å². The van der Waals surface area contributed by atoms with Crippen LogP contribution in [0.4, 0.5) is 10.3 Å². The first-order valence-electron chi connectivity index (χ1n) is 6.68. The third-order valence-electron chi connectivity index (χ3n) is 3.16. The molecule has 0 aliphatic carbocycles. The van der Waals surface area contributed by atoms with Gasteiger partial charge in [0.15, 0.2) is 5.69 Å². The molecule has 3 rings (SSSR count). The van der Waals surface area contributed by atoms with Crippen molar-refractivity contribution in [1.82, 2.24) is 19.7 Å². The Labute approximate surface area is 126 Å². The number of rotatable bonds is 3. The maximum absolute atomic E-state index is 13.1. The summed E-state index contributed by atoms with van der Waals surface area (Å²) >= 11 is 0. The minimum Gasteiger partial charge on any atom is -0.328 e. The molecule has 0 saturated heterocycles. The maximum Gasteiger partial charge on any atom is 0.278 e. The van der Waals surface area contributed by atoms with Gasteiger partial charge in [0.1, 0.15) is 5.82 Å². The Kier molecular flexibility index (Phi) is 3.46. The standard InChI is InChI=1S/C15H14FN5O/c1-9-7-11(16)3-4-13(9)21-6-5-12(20-21)14(22)19-15-17-8-10(2)18-15/h3-8H,1-2H3,(H2,17,18,19,22). The second-order valence-electron chi connectivity index (χ2n) is 4.95. The van der Waals surface area contributed by atoms with Crippen molar-refractivity contribution >= 4 is 11.9 Å². The number of benzene rings is 1. The van der Waals surface area contributed by atoms with Gasteiger partial charge in [-0.05, 0) is 43.7 Å². The quantitative estimate of drug-likeness (QED) is 0.780. The number of hydrogen-bond acceptors (Lipinski definition) is 3. The van der Waals surface area contributed by atoms with Crippen molar-refractivity contribution in [2.24, 2.45) is 0 Å². The molecule has 0 aliphatic heterocycles. The van der Waals surface area contributed by atoms with E-state index in [4.69, 9.17) is 0 Å². The lowest BCUT2D eigenvalue weighted by Gasteiger charge is -2.05. The molecule has 0 aliphatic rings. The van der Waals surface area contributed by atoms with Crippen LogP contribution in [0.25, 0.3) is 5.69 Å². The molecule has 2 N–H and O–H groups in total. The van der Waals surface area contributed by atoms with Crippen molar-refractivity contribution in [1.29, 1.82) is 0 Å². The number of carbonyl (C=O) groups is 1. The van der Waals surface area contributed by atoms with Crippen LogP contribution in [0.3, 0.4) is 0 Å². The van der Waals surface area contributed by atoms with Gasteiger partial charge in [-0.15, -0.1) is 0 Å². The van der Waals surface area contributed by atoms with Crippen LogP contribution >= 0.6 is 0 Å². The zero-order valence-electron chi connectivity index (χ0n) is 12.1. The van der Waals surface area contributed by atoms with Crippen molar-refractivity contribution in [3.05, 3.63) is 59.4 Å². The molecule has 0 radical (unpaired) electrons. The fourth-order valence-corrected chi connectivity index (χ4v) is 2.10. The largest absolute Gasteiger partial charge is 0.328 e. The van der Waals surface area contributed by atoms with Crippen LogP contribution in [0, 0.1) is 19.7 Å². The highest BCUT2D eigenvalue weighted by Crippen LogP contribution is 2.15. The molecule has 0 bridgehead atoms. The maximum atomic E-state index is 13.1. The fraction of sp³-hybridized carbons (Fsp3) is 0.133. The van der Waals surface area contributed by atoms with Crippen molar-refractivity contribution in [2.45, 2.75) is 13.8 Å². The summed E-state index contributed by atoms with van der Waals surface area (Å²) in [4.78, 5) is 19.0. The van der Waals surface area contributed by atoms with Crippen molar-refractivity contribution in [3.8, 4) is 5.69 Å². The van der Waals surface area contributed by atoms with E-state index in [0.29, 0.717) is 11.6 Å². The van der Waals surface area contributed by atoms with Crippen molar-refractivity contribution in [2.75, 3.05) is 5.32 Å².